The average Bonchev–Trinajstić information content (AvgIpc) is 3.02. The van der Waals surface area contributed by atoms with E-state index < -0.39 is 42.0 Å². The normalized spacial score (nSPS) is 12.4. The van der Waals surface area contributed by atoms with Crippen LogP contribution in [0.2, 0.25) is 0 Å². The van der Waals surface area contributed by atoms with Gasteiger partial charge in [0.25, 0.3) is 5.91 Å². The molecule has 160 valence electrons. The van der Waals surface area contributed by atoms with E-state index in [0.717, 1.165) is 23.1 Å². The molecule has 0 bridgehead atoms. The van der Waals surface area contributed by atoms with E-state index in [4.69, 9.17) is 0 Å². The Bertz CT molecular complexity index is 847. The van der Waals surface area contributed by atoms with Crippen LogP contribution in [-0.2, 0) is 6.18 Å². The Hall–Kier alpha value is -2.70. The largest absolute Gasteiger partial charge is 0.435 e. The first-order valence-corrected chi connectivity index (χ1v) is 8.21. The van der Waals surface area contributed by atoms with Crippen LogP contribution in [0.5, 0.6) is 0 Å². The van der Waals surface area contributed by atoms with Crippen LogP contribution in [0.4, 0.5) is 30.7 Å². The maximum Gasteiger partial charge on any atom is 0.435 e. The van der Waals surface area contributed by atoms with E-state index in [1.54, 1.807) is 0 Å². The minimum Gasteiger partial charge on any atom is -0.351 e. The van der Waals surface area contributed by atoms with Gasteiger partial charge in [-0.05, 0) is 38.2 Å². The molecular weight excluding hydrogens is 411 g/mol. The number of aromatic nitrogens is 3. The van der Waals surface area contributed by atoms with Gasteiger partial charge in [0.05, 0.1) is 12.2 Å². The summed E-state index contributed by atoms with van der Waals surface area (Å²) in [6.07, 6.45) is -9.33. The quantitative estimate of drug-likeness (QED) is 0.545. The first kappa shape index (κ1) is 22.6. The van der Waals surface area contributed by atoms with E-state index in [2.05, 4.69) is 15.6 Å². The highest BCUT2D eigenvalue weighted by molar-refractivity contribution is 5.93. The van der Waals surface area contributed by atoms with Crippen molar-refractivity contribution in [2.75, 3.05) is 26.7 Å². The van der Waals surface area contributed by atoms with Gasteiger partial charge < -0.3 is 5.32 Å². The number of alkyl halides is 6. The third-order valence-corrected chi connectivity index (χ3v) is 3.66. The predicted octanol–water partition coefficient (Wildman–Crippen LogP) is 3.04. The molecule has 0 fully saturated rings. The lowest BCUT2D eigenvalue weighted by atomic mass is 10.2. The maximum absolute atomic E-state index is 13.5. The highest BCUT2D eigenvalue weighted by Gasteiger charge is 2.42. The first-order chi connectivity index (χ1) is 13.4. The zero-order chi connectivity index (χ0) is 21.8. The molecule has 0 atom stereocenters. The van der Waals surface area contributed by atoms with Crippen LogP contribution < -0.4 is 5.32 Å². The standard InChI is InChI=1S/C16H16F7N5O/c1-27(9-15(18,19)20)7-3-6-24-14(29)12-13(16(21,22)23)28(26-25-12)11-5-2-4-10(17)8-11/h2,4-5,8H,3,6-7,9H2,1H3,(H,24,29). The van der Waals surface area contributed by atoms with Crippen LogP contribution in [0, 0.1) is 5.82 Å². The molecule has 29 heavy (non-hydrogen) atoms. The summed E-state index contributed by atoms with van der Waals surface area (Å²) in [5.41, 5.74) is -2.79. The lowest BCUT2D eigenvalue weighted by Crippen LogP contribution is -2.34. The molecule has 1 heterocycles. The minimum absolute atomic E-state index is 0.0398. The van der Waals surface area contributed by atoms with Crippen LogP contribution in [0.15, 0.2) is 24.3 Å². The van der Waals surface area contributed by atoms with Crippen molar-refractivity contribution in [3.8, 4) is 5.69 Å². The molecule has 6 nitrogen and oxygen atoms in total. The molecule has 1 aromatic carbocycles. The third kappa shape index (κ3) is 6.41. The topological polar surface area (TPSA) is 63.1 Å². The van der Waals surface area contributed by atoms with Gasteiger partial charge in [-0.3, -0.25) is 9.69 Å². The summed E-state index contributed by atoms with van der Waals surface area (Å²) >= 11 is 0. The molecule has 0 aliphatic rings. The molecule has 0 aliphatic heterocycles. The molecule has 0 aliphatic carbocycles. The van der Waals surface area contributed by atoms with E-state index in [9.17, 15) is 35.5 Å². The van der Waals surface area contributed by atoms with Gasteiger partial charge in [0.15, 0.2) is 11.4 Å². The lowest BCUT2D eigenvalue weighted by molar-refractivity contribution is -0.143. The Labute approximate surface area is 160 Å². The average molecular weight is 427 g/mol. The summed E-state index contributed by atoms with van der Waals surface area (Å²) in [6.45, 7) is -1.37. The number of hydrogen-bond acceptors (Lipinski definition) is 4. The molecule has 2 aromatic rings. The molecule has 0 saturated carbocycles. The molecule has 0 spiro atoms. The zero-order valence-corrected chi connectivity index (χ0v) is 15.0. The van der Waals surface area contributed by atoms with Gasteiger partial charge in [-0.1, -0.05) is 11.3 Å². The summed E-state index contributed by atoms with van der Waals surface area (Å²) in [7, 11) is 1.22. The lowest BCUT2D eigenvalue weighted by Gasteiger charge is -2.18. The second-order valence-electron chi connectivity index (χ2n) is 6.14. The van der Waals surface area contributed by atoms with Gasteiger partial charge in [0.2, 0.25) is 0 Å². The molecule has 1 N–H and O–H groups in total. The van der Waals surface area contributed by atoms with E-state index in [1.807, 2.05) is 0 Å². The second kappa shape index (κ2) is 8.76. The Morgan fingerprint density at radius 2 is 1.90 bits per heavy atom. The summed E-state index contributed by atoms with van der Waals surface area (Å²) in [4.78, 5) is 13.1. The molecule has 13 heteroatoms. The van der Waals surface area contributed by atoms with Crippen molar-refractivity contribution in [1.29, 1.82) is 0 Å². The molecular formula is C16H16F7N5O. The highest BCUT2D eigenvalue weighted by atomic mass is 19.4. The van der Waals surface area contributed by atoms with Crippen molar-refractivity contribution in [3.05, 3.63) is 41.5 Å². The fourth-order valence-corrected chi connectivity index (χ4v) is 2.50. The summed E-state index contributed by atoms with van der Waals surface area (Å²) in [5.74, 6) is -2.00. The fraction of sp³-hybridized carbons (Fsp3) is 0.438. The number of carbonyl (C=O) groups excluding carboxylic acids is 1. The fourth-order valence-electron chi connectivity index (χ4n) is 2.50. The maximum atomic E-state index is 13.5. The van der Waals surface area contributed by atoms with Gasteiger partial charge in [-0.25, -0.2) is 9.07 Å². The van der Waals surface area contributed by atoms with E-state index in [0.29, 0.717) is 4.68 Å². The minimum atomic E-state index is -5.02. The Morgan fingerprint density at radius 1 is 1.21 bits per heavy atom. The van der Waals surface area contributed by atoms with Crippen molar-refractivity contribution in [2.24, 2.45) is 0 Å². The molecule has 0 radical (unpaired) electrons. The number of nitrogens with zero attached hydrogens (tertiary/aromatic N) is 4. The van der Waals surface area contributed by atoms with Crippen molar-refractivity contribution < 1.29 is 35.5 Å². The Kier molecular flexibility index (Phi) is 6.82. The van der Waals surface area contributed by atoms with E-state index >= 15 is 0 Å². The number of rotatable bonds is 7. The number of carbonyl (C=O) groups is 1. The van der Waals surface area contributed by atoms with E-state index in [1.165, 1.54) is 13.1 Å². The van der Waals surface area contributed by atoms with Gasteiger partial charge >= 0.3 is 12.4 Å². The van der Waals surface area contributed by atoms with Gasteiger partial charge in [0, 0.05) is 6.54 Å². The summed E-state index contributed by atoms with van der Waals surface area (Å²) in [6, 6.07) is 4.15. The van der Waals surface area contributed by atoms with Gasteiger partial charge in [-0.15, -0.1) is 5.10 Å². The van der Waals surface area contributed by atoms with Gasteiger partial charge in [-0.2, -0.15) is 26.3 Å². The Morgan fingerprint density at radius 3 is 2.48 bits per heavy atom. The molecule has 1 aromatic heterocycles. The third-order valence-electron chi connectivity index (χ3n) is 3.66. The molecule has 2 rings (SSSR count). The predicted molar refractivity (Wildman–Crippen MR) is 86.8 cm³/mol. The highest BCUT2D eigenvalue weighted by Crippen LogP contribution is 2.32. The summed E-state index contributed by atoms with van der Waals surface area (Å²) in [5, 5.41) is 8.72. The Balaban J connectivity index is 2.09. The smallest absolute Gasteiger partial charge is 0.351 e. The molecule has 1 amide bonds. The number of halogens is 7. The number of hydrogen-bond donors (Lipinski definition) is 1. The number of benzene rings is 1. The SMILES string of the molecule is CN(CCCNC(=O)c1nnn(-c2cccc(F)c2)c1C(F)(F)F)CC(F)(F)F. The summed E-state index contributed by atoms with van der Waals surface area (Å²) < 4.78 is 90.7. The number of amides is 1. The van der Waals surface area contributed by atoms with Crippen molar-refractivity contribution in [1.82, 2.24) is 25.2 Å². The van der Waals surface area contributed by atoms with Crippen LogP contribution in [0.25, 0.3) is 5.69 Å². The van der Waals surface area contributed by atoms with Gasteiger partial charge in [0.1, 0.15) is 5.82 Å². The molecule has 0 saturated heterocycles. The second-order valence-corrected chi connectivity index (χ2v) is 6.14. The van der Waals surface area contributed by atoms with E-state index in [-0.39, 0.29) is 25.2 Å². The van der Waals surface area contributed by atoms with Crippen LogP contribution in [-0.4, -0.2) is 58.7 Å². The van der Waals surface area contributed by atoms with Crippen LogP contribution >= 0.6 is 0 Å². The van der Waals surface area contributed by atoms with Crippen molar-refractivity contribution in [2.45, 2.75) is 18.8 Å². The first-order valence-electron chi connectivity index (χ1n) is 8.21. The molecule has 0 unspecified atom stereocenters. The monoisotopic (exact) mass is 427 g/mol. The van der Waals surface area contributed by atoms with Crippen LogP contribution in [0.1, 0.15) is 22.6 Å². The number of nitrogens with one attached hydrogen (secondary N) is 1. The zero-order valence-electron chi connectivity index (χ0n) is 15.0. The van der Waals surface area contributed by atoms with Crippen molar-refractivity contribution in [3.63, 3.8) is 0 Å². The van der Waals surface area contributed by atoms with Crippen molar-refractivity contribution >= 4 is 5.91 Å². The van der Waals surface area contributed by atoms with Crippen LogP contribution in [0.3, 0.4) is 0 Å².